The highest BCUT2D eigenvalue weighted by atomic mass is 79.9. The second kappa shape index (κ2) is 7.69. The van der Waals surface area contributed by atoms with E-state index in [-0.39, 0.29) is 6.03 Å². The molecule has 1 saturated heterocycles. The standard InChI is InChI=1S/C15H17BrN2O3S/c1-9-12(14(19)21-6-7-22-2)13(18-15(20)17-9)10-4-3-5-11(16)8-10/h3-5,8,12-13H,1,6-7H2,2H3,(H2,17,18,20)/t12-,13+/m1/s1. The first-order valence-corrected chi connectivity index (χ1v) is 8.89. The Morgan fingerprint density at radius 2 is 2.27 bits per heavy atom. The van der Waals surface area contributed by atoms with Gasteiger partial charge < -0.3 is 15.4 Å². The molecule has 118 valence electrons. The Bertz CT molecular complexity index is 594. The summed E-state index contributed by atoms with van der Waals surface area (Å²) in [5.74, 6) is -0.322. The van der Waals surface area contributed by atoms with E-state index in [0.29, 0.717) is 12.3 Å². The molecule has 1 heterocycles. The maximum absolute atomic E-state index is 12.4. The number of esters is 1. The van der Waals surface area contributed by atoms with E-state index in [9.17, 15) is 9.59 Å². The zero-order chi connectivity index (χ0) is 16.1. The molecule has 22 heavy (non-hydrogen) atoms. The van der Waals surface area contributed by atoms with Gasteiger partial charge in [0.1, 0.15) is 12.5 Å². The summed E-state index contributed by atoms with van der Waals surface area (Å²) in [4.78, 5) is 24.1. The zero-order valence-electron chi connectivity index (χ0n) is 12.1. The lowest BCUT2D eigenvalue weighted by Crippen LogP contribution is -2.51. The lowest BCUT2D eigenvalue weighted by molar-refractivity contribution is -0.147. The quantitative estimate of drug-likeness (QED) is 0.604. The topological polar surface area (TPSA) is 67.4 Å². The van der Waals surface area contributed by atoms with Crippen molar-refractivity contribution in [1.82, 2.24) is 10.6 Å². The van der Waals surface area contributed by atoms with Crippen LogP contribution >= 0.6 is 27.7 Å². The summed E-state index contributed by atoms with van der Waals surface area (Å²) in [5, 5.41) is 5.33. The number of nitrogens with one attached hydrogen (secondary N) is 2. The number of urea groups is 1. The molecule has 1 aromatic carbocycles. The number of rotatable bonds is 5. The average Bonchev–Trinajstić information content (AvgIpc) is 2.46. The van der Waals surface area contributed by atoms with Crippen LogP contribution in [0, 0.1) is 5.92 Å². The predicted molar refractivity (Wildman–Crippen MR) is 90.5 cm³/mol. The lowest BCUT2D eigenvalue weighted by atomic mass is 9.89. The summed E-state index contributed by atoms with van der Waals surface area (Å²) >= 11 is 5.00. The Balaban J connectivity index is 2.24. The van der Waals surface area contributed by atoms with E-state index in [2.05, 4.69) is 33.1 Å². The number of carbonyl (C=O) groups is 2. The van der Waals surface area contributed by atoms with Crippen LogP contribution in [0.15, 0.2) is 41.0 Å². The van der Waals surface area contributed by atoms with Gasteiger partial charge in [0, 0.05) is 15.9 Å². The third-order valence-electron chi connectivity index (χ3n) is 3.26. The maximum Gasteiger partial charge on any atom is 0.319 e. The molecular formula is C15H17BrN2O3S. The molecule has 0 bridgehead atoms. The highest BCUT2D eigenvalue weighted by Gasteiger charge is 2.38. The summed E-state index contributed by atoms with van der Waals surface area (Å²) in [5.41, 5.74) is 1.17. The third-order valence-corrected chi connectivity index (χ3v) is 4.33. The van der Waals surface area contributed by atoms with E-state index in [1.807, 2.05) is 30.5 Å². The number of amides is 2. The molecule has 0 saturated carbocycles. The summed E-state index contributed by atoms with van der Waals surface area (Å²) in [6.45, 7) is 4.14. The fourth-order valence-corrected chi connectivity index (χ4v) is 2.92. The van der Waals surface area contributed by atoms with Crippen LogP contribution in [0.2, 0.25) is 0 Å². The van der Waals surface area contributed by atoms with Gasteiger partial charge in [-0.1, -0.05) is 34.6 Å². The minimum atomic E-state index is -0.658. The van der Waals surface area contributed by atoms with Crippen LogP contribution in [0.5, 0.6) is 0 Å². The van der Waals surface area contributed by atoms with Gasteiger partial charge in [-0.05, 0) is 24.0 Å². The average molecular weight is 385 g/mol. The van der Waals surface area contributed by atoms with E-state index in [1.54, 1.807) is 11.8 Å². The molecule has 1 aliphatic rings. The van der Waals surface area contributed by atoms with Crippen molar-refractivity contribution in [3.63, 3.8) is 0 Å². The van der Waals surface area contributed by atoms with Crippen molar-refractivity contribution in [2.24, 2.45) is 5.92 Å². The number of hydrogen-bond donors (Lipinski definition) is 2. The monoisotopic (exact) mass is 384 g/mol. The van der Waals surface area contributed by atoms with Crippen molar-refractivity contribution in [3.8, 4) is 0 Å². The molecule has 0 aliphatic carbocycles. The van der Waals surface area contributed by atoms with Gasteiger partial charge >= 0.3 is 12.0 Å². The summed E-state index contributed by atoms with van der Waals surface area (Å²) in [6, 6.07) is 6.59. The van der Waals surface area contributed by atoms with Crippen LogP contribution in [0.1, 0.15) is 11.6 Å². The van der Waals surface area contributed by atoms with Crippen LogP contribution in [0.4, 0.5) is 4.79 Å². The molecule has 2 rings (SSSR count). The second-order valence-electron chi connectivity index (χ2n) is 4.79. The number of halogens is 1. The number of ether oxygens (including phenoxy) is 1. The van der Waals surface area contributed by atoms with Crippen LogP contribution in [-0.4, -0.2) is 30.6 Å². The normalized spacial score (nSPS) is 21.0. The highest BCUT2D eigenvalue weighted by molar-refractivity contribution is 9.10. The van der Waals surface area contributed by atoms with Crippen molar-refractivity contribution in [3.05, 3.63) is 46.6 Å². The summed E-state index contributed by atoms with van der Waals surface area (Å²) in [6.07, 6.45) is 1.94. The van der Waals surface area contributed by atoms with Crippen molar-refractivity contribution in [2.75, 3.05) is 18.6 Å². The van der Waals surface area contributed by atoms with Crippen molar-refractivity contribution in [2.45, 2.75) is 6.04 Å². The minimum absolute atomic E-state index is 0.336. The smallest absolute Gasteiger partial charge is 0.319 e. The van der Waals surface area contributed by atoms with Crippen molar-refractivity contribution in [1.29, 1.82) is 0 Å². The number of benzene rings is 1. The molecule has 0 spiro atoms. The fourth-order valence-electron chi connectivity index (χ4n) is 2.25. The largest absolute Gasteiger partial charge is 0.464 e. The van der Waals surface area contributed by atoms with Crippen molar-refractivity contribution < 1.29 is 14.3 Å². The van der Waals surface area contributed by atoms with Gasteiger partial charge in [-0.3, -0.25) is 4.79 Å². The molecule has 5 nitrogen and oxygen atoms in total. The third kappa shape index (κ3) is 4.04. The SMILES string of the molecule is C=C1NC(=O)N[C@@H](c2cccc(Br)c2)[C@@H]1C(=O)OCCSC. The van der Waals surface area contributed by atoms with E-state index >= 15 is 0 Å². The number of hydrogen-bond acceptors (Lipinski definition) is 4. The molecule has 2 amide bonds. The molecule has 7 heteroatoms. The highest BCUT2D eigenvalue weighted by Crippen LogP contribution is 2.31. The summed E-state index contributed by atoms with van der Waals surface area (Å²) < 4.78 is 6.16. The first kappa shape index (κ1) is 16.9. The molecule has 1 aliphatic heterocycles. The van der Waals surface area contributed by atoms with E-state index < -0.39 is 17.9 Å². The van der Waals surface area contributed by atoms with Gasteiger partial charge in [-0.2, -0.15) is 11.8 Å². The zero-order valence-corrected chi connectivity index (χ0v) is 14.5. The number of thioether (sulfide) groups is 1. The maximum atomic E-state index is 12.4. The first-order chi connectivity index (χ1) is 10.5. The predicted octanol–water partition coefficient (Wildman–Crippen LogP) is 2.84. The molecule has 2 atom stereocenters. The Hall–Kier alpha value is -1.47. The van der Waals surface area contributed by atoms with Crippen LogP contribution in [0.3, 0.4) is 0 Å². The van der Waals surface area contributed by atoms with Gasteiger partial charge in [0.2, 0.25) is 0 Å². The molecule has 0 radical (unpaired) electrons. The summed E-state index contributed by atoms with van der Waals surface area (Å²) in [7, 11) is 0. The van der Waals surface area contributed by atoms with Gasteiger partial charge in [-0.15, -0.1) is 0 Å². The Kier molecular flexibility index (Phi) is 5.90. The molecule has 0 aromatic heterocycles. The van der Waals surface area contributed by atoms with Crippen LogP contribution in [-0.2, 0) is 9.53 Å². The van der Waals surface area contributed by atoms with Gasteiger partial charge in [-0.25, -0.2) is 4.79 Å². The Morgan fingerprint density at radius 1 is 1.50 bits per heavy atom. The van der Waals surface area contributed by atoms with Gasteiger partial charge in [0.15, 0.2) is 0 Å². The van der Waals surface area contributed by atoms with Crippen LogP contribution in [0.25, 0.3) is 0 Å². The molecule has 1 fully saturated rings. The fraction of sp³-hybridized carbons (Fsp3) is 0.333. The number of carbonyl (C=O) groups excluding carboxylic acids is 2. The van der Waals surface area contributed by atoms with E-state index in [4.69, 9.17) is 4.74 Å². The van der Waals surface area contributed by atoms with E-state index in [0.717, 1.165) is 15.8 Å². The Morgan fingerprint density at radius 3 is 2.95 bits per heavy atom. The molecule has 2 N–H and O–H groups in total. The van der Waals surface area contributed by atoms with Gasteiger partial charge in [0.05, 0.1) is 6.04 Å². The molecular weight excluding hydrogens is 368 g/mol. The Labute approximate surface area is 142 Å². The second-order valence-corrected chi connectivity index (χ2v) is 6.70. The minimum Gasteiger partial charge on any atom is -0.464 e. The lowest BCUT2D eigenvalue weighted by Gasteiger charge is -2.33. The molecule has 1 aromatic rings. The molecule has 0 unspecified atom stereocenters. The van der Waals surface area contributed by atoms with Gasteiger partial charge in [0.25, 0.3) is 0 Å². The van der Waals surface area contributed by atoms with E-state index in [1.165, 1.54) is 0 Å². The first-order valence-electron chi connectivity index (χ1n) is 6.70. The van der Waals surface area contributed by atoms with Crippen LogP contribution < -0.4 is 10.6 Å². The van der Waals surface area contributed by atoms with Crippen molar-refractivity contribution >= 4 is 39.7 Å².